The van der Waals surface area contributed by atoms with E-state index in [9.17, 15) is 13.2 Å². The van der Waals surface area contributed by atoms with Gasteiger partial charge in [-0.05, 0) is 38.9 Å². The number of nitrogens with zero attached hydrogens (tertiary/aromatic N) is 1. The monoisotopic (exact) mass is 288 g/mol. The molecule has 0 spiro atoms. The summed E-state index contributed by atoms with van der Waals surface area (Å²) < 4.78 is 41.1. The topological polar surface area (TPSA) is 24.5 Å². The largest absolute Gasteiger partial charge is 0.573 e. The molecule has 2 rings (SSSR count). The lowest BCUT2D eigenvalue weighted by Crippen LogP contribution is -2.42. The fourth-order valence-corrected chi connectivity index (χ4v) is 2.44. The fraction of sp³-hybridized carbons (Fsp3) is 0.571. The molecule has 2 unspecified atom stereocenters. The molecule has 0 bridgehead atoms. The highest BCUT2D eigenvalue weighted by atomic mass is 19.4. The van der Waals surface area contributed by atoms with E-state index in [-0.39, 0.29) is 11.8 Å². The Kier molecular flexibility index (Phi) is 4.42. The number of hydrogen-bond acceptors (Lipinski definition) is 3. The number of piperidine rings is 1. The Morgan fingerprint density at radius 1 is 1.30 bits per heavy atom. The second-order valence-corrected chi connectivity index (χ2v) is 5.24. The van der Waals surface area contributed by atoms with Gasteiger partial charge in [-0.2, -0.15) is 0 Å². The van der Waals surface area contributed by atoms with Crippen molar-refractivity contribution in [3.63, 3.8) is 0 Å². The number of rotatable bonds is 3. The third kappa shape index (κ3) is 4.03. The van der Waals surface area contributed by atoms with Crippen LogP contribution in [0.4, 0.5) is 18.9 Å². The van der Waals surface area contributed by atoms with Gasteiger partial charge in [-0.25, -0.2) is 0 Å². The predicted octanol–water partition coefficient (Wildman–Crippen LogP) is 3.48. The van der Waals surface area contributed by atoms with E-state index < -0.39 is 6.36 Å². The molecule has 6 heteroatoms. The van der Waals surface area contributed by atoms with Gasteiger partial charge in [-0.1, -0.05) is 12.1 Å². The number of para-hydroxylation sites is 2. The third-order valence-corrected chi connectivity index (χ3v) is 3.68. The second kappa shape index (κ2) is 5.91. The first kappa shape index (κ1) is 15.0. The predicted molar refractivity (Wildman–Crippen MR) is 71.9 cm³/mol. The Morgan fingerprint density at radius 3 is 2.65 bits per heavy atom. The van der Waals surface area contributed by atoms with E-state index >= 15 is 0 Å². The molecule has 2 atom stereocenters. The van der Waals surface area contributed by atoms with Gasteiger partial charge in [0, 0.05) is 18.6 Å². The Labute approximate surface area is 116 Å². The van der Waals surface area contributed by atoms with E-state index in [0.29, 0.717) is 11.7 Å². The molecule has 1 aromatic carbocycles. The van der Waals surface area contributed by atoms with Crippen LogP contribution in [0.25, 0.3) is 0 Å². The smallest absolute Gasteiger partial charge is 0.404 e. The van der Waals surface area contributed by atoms with Gasteiger partial charge in [0.2, 0.25) is 0 Å². The molecule has 1 saturated heterocycles. The number of ether oxygens (including phenoxy) is 1. The van der Waals surface area contributed by atoms with Gasteiger partial charge in [-0.15, -0.1) is 13.2 Å². The van der Waals surface area contributed by atoms with Gasteiger partial charge in [0.25, 0.3) is 0 Å². The van der Waals surface area contributed by atoms with Crippen LogP contribution >= 0.6 is 0 Å². The van der Waals surface area contributed by atoms with Gasteiger partial charge in [0.15, 0.2) is 5.75 Å². The van der Waals surface area contributed by atoms with E-state index in [0.717, 1.165) is 19.4 Å². The van der Waals surface area contributed by atoms with Gasteiger partial charge < -0.3 is 15.0 Å². The summed E-state index contributed by atoms with van der Waals surface area (Å²) in [6, 6.07) is 6.75. The zero-order valence-electron chi connectivity index (χ0n) is 11.6. The van der Waals surface area contributed by atoms with Crippen LogP contribution < -0.4 is 10.1 Å². The Morgan fingerprint density at radius 2 is 2.00 bits per heavy atom. The Balaban J connectivity index is 2.06. The van der Waals surface area contributed by atoms with Crippen molar-refractivity contribution in [3.05, 3.63) is 24.3 Å². The zero-order chi connectivity index (χ0) is 14.8. The van der Waals surface area contributed by atoms with E-state index in [1.54, 1.807) is 12.1 Å². The van der Waals surface area contributed by atoms with Crippen molar-refractivity contribution in [2.24, 2.45) is 0 Å². The first-order valence-corrected chi connectivity index (χ1v) is 6.66. The van der Waals surface area contributed by atoms with E-state index in [4.69, 9.17) is 0 Å². The first-order valence-electron chi connectivity index (χ1n) is 6.66. The van der Waals surface area contributed by atoms with Crippen LogP contribution in [0.15, 0.2) is 24.3 Å². The highest BCUT2D eigenvalue weighted by Gasteiger charge is 2.32. The number of nitrogens with one attached hydrogen (secondary N) is 1. The molecule has 1 fully saturated rings. The van der Waals surface area contributed by atoms with Crippen LogP contribution in [0.5, 0.6) is 5.75 Å². The highest BCUT2D eigenvalue weighted by molar-refractivity contribution is 5.56. The minimum Gasteiger partial charge on any atom is -0.404 e. The maximum atomic E-state index is 12.4. The number of anilines is 1. The zero-order valence-corrected chi connectivity index (χ0v) is 11.6. The molecule has 1 aliphatic rings. The van der Waals surface area contributed by atoms with E-state index in [2.05, 4.69) is 28.9 Å². The van der Waals surface area contributed by atoms with Crippen LogP contribution in [-0.2, 0) is 0 Å². The summed E-state index contributed by atoms with van der Waals surface area (Å²) in [5, 5.41) is 3.17. The van der Waals surface area contributed by atoms with Crippen LogP contribution in [-0.4, -0.2) is 36.9 Å². The standard InChI is InChI=1S/C14H19F3N2O/c1-10-9-11(7-8-19(10)2)18-12-5-3-4-6-13(12)20-14(15,16)17/h3-6,10-11,18H,7-9H2,1-2H3. The summed E-state index contributed by atoms with van der Waals surface area (Å²) in [4.78, 5) is 2.25. The van der Waals surface area contributed by atoms with Crippen molar-refractivity contribution < 1.29 is 17.9 Å². The maximum Gasteiger partial charge on any atom is 0.573 e. The van der Waals surface area contributed by atoms with E-state index in [1.807, 2.05) is 0 Å². The summed E-state index contributed by atoms with van der Waals surface area (Å²) in [6.07, 6.45) is -2.87. The molecule has 0 amide bonds. The molecule has 1 N–H and O–H groups in total. The van der Waals surface area contributed by atoms with Crippen molar-refractivity contribution in [1.82, 2.24) is 4.90 Å². The lowest BCUT2D eigenvalue weighted by molar-refractivity contribution is -0.274. The lowest BCUT2D eigenvalue weighted by Gasteiger charge is -2.36. The Hall–Kier alpha value is -1.43. The van der Waals surface area contributed by atoms with Crippen LogP contribution in [0.3, 0.4) is 0 Å². The SMILES string of the molecule is CC1CC(Nc2ccccc2OC(F)(F)F)CCN1C. The third-order valence-electron chi connectivity index (χ3n) is 3.68. The molecule has 0 radical (unpaired) electrons. The number of halogens is 3. The van der Waals surface area contributed by atoms with Crippen LogP contribution in [0, 0.1) is 0 Å². The molecule has 0 aliphatic carbocycles. The number of hydrogen-bond donors (Lipinski definition) is 1. The number of likely N-dealkylation sites (tertiary alicyclic amines) is 1. The lowest BCUT2D eigenvalue weighted by atomic mass is 9.98. The van der Waals surface area contributed by atoms with Gasteiger partial charge >= 0.3 is 6.36 Å². The molecule has 112 valence electrons. The fourth-order valence-electron chi connectivity index (χ4n) is 2.44. The second-order valence-electron chi connectivity index (χ2n) is 5.24. The van der Waals surface area contributed by atoms with Crippen LogP contribution in [0.1, 0.15) is 19.8 Å². The molecular weight excluding hydrogens is 269 g/mol. The molecule has 1 aromatic rings. The van der Waals surface area contributed by atoms with Crippen molar-refractivity contribution in [2.45, 2.75) is 38.2 Å². The summed E-state index contributed by atoms with van der Waals surface area (Å²) in [5.41, 5.74) is 0.395. The number of benzene rings is 1. The number of alkyl halides is 3. The van der Waals surface area contributed by atoms with Gasteiger partial charge in [0.05, 0.1) is 5.69 Å². The summed E-state index contributed by atoms with van der Waals surface area (Å²) >= 11 is 0. The highest BCUT2D eigenvalue weighted by Crippen LogP contribution is 2.31. The van der Waals surface area contributed by atoms with Gasteiger partial charge in [0.1, 0.15) is 0 Å². The minimum atomic E-state index is -4.67. The quantitative estimate of drug-likeness (QED) is 0.921. The van der Waals surface area contributed by atoms with Crippen molar-refractivity contribution in [3.8, 4) is 5.75 Å². The minimum absolute atomic E-state index is 0.166. The molecular formula is C14H19F3N2O. The molecule has 20 heavy (non-hydrogen) atoms. The first-order chi connectivity index (χ1) is 9.35. The molecule has 1 aliphatic heterocycles. The van der Waals surface area contributed by atoms with Crippen LogP contribution in [0.2, 0.25) is 0 Å². The maximum absolute atomic E-state index is 12.4. The van der Waals surface area contributed by atoms with Crippen molar-refractivity contribution in [2.75, 3.05) is 18.9 Å². The van der Waals surface area contributed by atoms with E-state index in [1.165, 1.54) is 12.1 Å². The van der Waals surface area contributed by atoms with Crippen molar-refractivity contribution >= 4 is 5.69 Å². The summed E-state index contributed by atoms with van der Waals surface area (Å²) in [6.45, 7) is 3.05. The summed E-state index contributed by atoms with van der Waals surface area (Å²) in [5.74, 6) is -0.174. The molecule has 0 aromatic heterocycles. The Bertz CT molecular complexity index is 450. The molecule has 0 saturated carbocycles. The van der Waals surface area contributed by atoms with Gasteiger partial charge in [-0.3, -0.25) is 0 Å². The average molecular weight is 288 g/mol. The summed E-state index contributed by atoms with van der Waals surface area (Å²) in [7, 11) is 2.06. The average Bonchev–Trinajstić information content (AvgIpc) is 2.34. The molecule has 1 heterocycles. The molecule has 3 nitrogen and oxygen atoms in total. The normalized spacial score (nSPS) is 24.4. The van der Waals surface area contributed by atoms with Crippen molar-refractivity contribution in [1.29, 1.82) is 0 Å².